The fourth-order valence-corrected chi connectivity index (χ4v) is 2.80. The first-order chi connectivity index (χ1) is 13.7. The summed E-state index contributed by atoms with van der Waals surface area (Å²) in [4.78, 5) is 11.9. The quantitative estimate of drug-likeness (QED) is 0.536. The number of hydrogen-bond acceptors (Lipinski definition) is 4. The van der Waals surface area contributed by atoms with Crippen molar-refractivity contribution in [1.82, 2.24) is 5.32 Å². The van der Waals surface area contributed by atoms with Crippen molar-refractivity contribution in [2.45, 2.75) is 12.8 Å². The molecule has 5 nitrogen and oxygen atoms in total. The SMILES string of the molecule is COc1ccc(OCCCC(=O)NCCOc2ccc3ccccc3c2)cc1. The van der Waals surface area contributed by atoms with Gasteiger partial charge in [0.25, 0.3) is 0 Å². The van der Waals surface area contributed by atoms with Crippen LogP contribution in [0.4, 0.5) is 0 Å². The number of fused-ring (bicyclic) bond motifs is 1. The molecular formula is C23H25NO4. The Morgan fingerprint density at radius 1 is 0.821 bits per heavy atom. The summed E-state index contributed by atoms with van der Waals surface area (Å²) in [6.07, 6.45) is 1.08. The van der Waals surface area contributed by atoms with Crippen LogP contribution in [0.2, 0.25) is 0 Å². The molecule has 3 rings (SSSR count). The number of carbonyl (C=O) groups is 1. The molecule has 3 aromatic carbocycles. The summed E-state index contributed by atoms with van der Waals surface area (Å²) in [6, 6.07) is 21.5. The van der Waals surface area contributed by atoms with Gasteiger partial charge in [-0.25, -0.2) is 0 Å². The smallest absolute Gasteiger partial charge is 0.220 e. The number of carbonyl (C=O) groups excluding carboxylic acids is 1. The van der Waals surface area contributed by atoms with Gasteiger partial charge in [0.2, 0.25) is 5.91 Å². The maximum Gasteiger partial charge on any atom is 0.220 e. The Labute approximate surface area is 165 Å². The molecule has 1 amide bonds. The molecule has 0 unspecified atom stereocenters. The molecule has 0 bridgehead atoms. The lowest BCUT2D eigenvalue weighted by Gasteiger charge is -2.09. The molecule has 0 fully saturated rings. The zero-order chi connectivity index (χ0) is 19.6. The number of ether oxygens (including phenoxy) is 3. The van der Waals surface area contributed by atoms with Crippen molar-refractivity contribution in [2.24, 2.45) is 0 Å². The van der Waals surface area contributed by atoms with Gasteiger partial charge in [0, 0.05) is 6.42 Å². The lowest BCUT2D eigenvalue weighted by Crippen LogP contribution is -2.28. The summed E-state index contributed by atoms with van der Waals surface area (Å²) in [5.74, 6) is 2.36. The van der Waals surface area contributed by atoms with E-state index < -0.39 is 0 Å². The lowest BCUT2D eigenvalue weighted by atomic mass is 10.1. The van der Waals surface area contributed by atoms with Crippen molar-refractivity contribution in [3.05, 3.63) is 66.7 Å². The largest absolute Gasteiger partial charge is 0.497 e. The molecule has 0 aliphatic carbocycles. The average molecular weight is 379 g/mol. The van der Waals surface area contributed by atoms with Crippen molar-refractivity contribution >= 4 is 16.7 Å². The Morgan fingerprint density at radius 2 is 1.50 bits per heavy atom. The van der Waals surface area contributed by atoms with E-state index in [0.29, 0.717) is 32.6 Å². The molecule has 146 valence electrons. The zero-order valence-electron chi connectivity index (χ0n) is 16.0. The van der Waals surface area contributed by atoms with Crippen molar-refractivity contribution in [2.75, 3.05) is 26.9 Å². The molecule has 0 aliphatic heterocycles. The molecular weight excluding hydrogens is 354 g/mol. The van der Waals surface area contributed by atoms with Crippen molar-refractivity contribution in [3.63, 3.8) is 0 Å². The van der Waals surface area contributed by atoms with Crippen molar-refractivity contribution in [3.8, 4) is 17.2 Å². The van der Waals surface area contributed by atoms with Crippen molar-refractivity contribution < 1.29 is 19.0 Å². The number of methoxy groups -OCH3 is 1. The summed E-state index contributed by atoms with van der Waals surface area (Å²) in [7, 11) is 1.63. The standard InChI is InChI=1S/C23H25NO4/c1-26-20-10-12-21(13-11-20)27-15-4-7-23(25)24-14-16-28-22-9-8-18-5-2-3-6-19(18)17-22/h2-3,5-6,8-13,17H,4,7,14-16H2,1H3,(H,24,25). The van der Waals surface area contributed by atoms with Crippen LogP contribution >= 0.6 is 0 Å². The predicted molar refractivity (Wildman–Crippen MR) is 110 cm³/mol. The molecule has 3 aromatic rings. The normalized spacial score (nSPS) is 10.5. The van der Waals surface area contributed by atoms with Crippen LogP contribution < -0.4 is 19.5 Å². The van der Waals surface area contributed by atoms with E-state index in [2.05, 4.69) is 17.4 Å². The van der Waals surface area contributed by atoms with Gasteiger partial charge in [0.15, 0.2) is 0 Å². The summed E-state index contributed by atoms with van der Waals surface area (Å²) in [6.45, 7) is 1.41. The summed E-state index contributed by atoms with van der Waals surface area (Å²) in [5, 5.41) is 5.19. The number of amides is 1. The highest BCUT2D eigenvalue weighted by Crippen LogP contribution is 2.20. The van der Waals surface area contributed by atoms with Crippen molar-refractivity contribution in [1.29, 1.82) is 0 Å². The van der Waals surface area contributed by atoms with Gasteiger partial charge in [-0.2, -0.15) is 0 Å². The average Bonchev–Trinajstić information content (AvgIpc) is 2.74. The molecule has 28 heavy (non-hydrogen) atoms. The minimum atomic E-state index is 0.000410. The van der Waals surface area contributed by atoms with Gasteiger partial charge in [0.05, 0.1) is 20.3 Å². The predicted octanol–water partition coefficient (Wildman–Crippen LogP) is 4.20. The minimum absolute atomic E-state index is 0.000410. The third-order valence-electron chi connectivity index (χ3n) is 4.29. The van der Waals surface area contributed by atoms with E-state index in [4.69, 9.17) is 14.2 Å². The first kappa shape index (κ1) is 19.5. The molecule has 0 saturated carbocycles. The first-order valence-electron chi connectivity index (χ1n) is 9.40. The Hall–Kier alpha value is -3.21. The molecule has 1 N–H and O–H groups in total. The van der Waals surface area contributed by atoms with E-state index in [1.54, 1.807) is 7.11 Å². The third-order valence-corrected chi connectivity index (χ3v) is 4.29. The summed E-state index contributed by atoms with van der Waals surface area (Å²) in [5.41, 5.74) is 0. The van der Waals surface area contributed by atoms with Gasteiger partial charge in [-0.05, 0) is 53.6 Å². The van der Waals surface area contributed by atoms with Crippen LogP contribution in [-0.4, -0.2) is 32.8 Å². The highest BCUT2D eigenvalue weighted by Gasteiger charge is 2.02. The Bertz CT molecular complexity index is 893. The molecule has 0 radical (unpaired) electrons. The highest BCUT2D eigenvalue weighted by atomic mass is 16.5. The van der Waals surface area contributed by atoms with Gasteiger partial charge >= 0.3 is 0 Å². The van der Waals surface area contributed by atoms with Crippen LogP contribution in [-0.2, 0) is 4.79 Å². The van der Waals surface area contributed by atoms with Crippen LogP contribution in [0, 0.1) is 0 Å². The number of rotatable bonds is 10. The molecule has 5 heteroatoms. The van der Waals surface area contributed by atoms with E-state index in [9.17, 15) is 4.79 Å². The fourth-order valence-electron chi connectivity index (χ4n) is 2.80. The molecule has 0 aliphatic rings. The maximum absolute atomic E-state index is 11.9. The van der Waals surface area contributed by atoms with Gasteiger partial charge in [-0.3, -0.25) is 4.79 Å². The van der Waals surface area contributed by atoms with Gasteiger partial charge in [-0.15, -0.1) is 0 Å². The van der Waals surface area contributed by atoms with Crippen LogP contribution in [0.5, 0.6) is 17.2 Å². The highest BCUT2D eigenvalue weighted by molar-refractivity contribution is 5.83. The Balaban J connectivity index is 1.28. The fraction of sp³-hybridized carbons (Fsp3) is 0.261. The Morgan fingerprint density at radius 3 is 2.29 bits per heavy atom. The van der Waals surface area contributed by atoms with Crippen LogP contribution in [0.15, 0.2) is 66.7 Å². The summed E-state index contributed by atoms with van der Waals surface area (Å²) < 4.78 is 16.4. The second-order valence-electron chi connectivity index (χ2n) is 6.33. The zero-order valence-corrected chi connectivity index (χ0v) is 16.0. The van der Waals surface area contributed by atoms with Crippen LogP contribution in [0.1, 0.15) is 12.8 Å². The second kappa shape index (κ2) is 10.2. The molecule has 0 saturated heterocycles. The van der Waals surface area contributed by atoms with Gasteiger partial charge in [-0.1, -0.05) is 30.3 Å². The van der Waals surface area contributed by atoms with Crippen LogP contribution in [0.3, 0.4) is 0 Å². The van der Waals surface area contributed by atoms with Crippen LogP contribution in [0.25, 0.3) is 10.8 Å². The number of benzene rings is 3. The maximum atomic E-state index is 11.9. The van der Waals surface area contributed by atoms with E-state index >= 15 is 0 Å². The molecule has 0 atom stereocenters. The van der Waals surface area contributed by atoms with E-state index in [1.165, 1.54) is 5.39 Å². The van der Waals surface area contributed by atoms with Gasteiger partial charge < -0.3 is 19.5 Å². The monoisotopic (exact) mass is 379 g/mol. The lowest BCUT2D eigenvalue weighted by molar-refractivity contribution is -0.121. The number of nitrogens with one attached hydrogen (secondary N) is 1. The van der Waals surface area contributed by atoms with E-state index in [-0.39, 0.29) is 5.91 Å². The van der Waals surface area contributed by atoms with Gasteiger partial charge in [0.1, 0.15) is 23.9 Å². The molecule has 0 aromatic heterocycles. The van der Waals surface area contributed by atoms with E-state index in [0.717, 1.165) is 22.6 Å². The topological polar surface area (TPSA) is 56.8 Å². The summed E-state index contributed by atoms with van der Waals surface area (Å²) >= 11 is 0. The second-order valence-corrected chi connectivity index (χ2v) is 6.33. The third kappa shape index (κ3) is 5.91. The Kier molecular flexibility index (Phi) is 7.13. The number of hydrogen-bond donors (Lipinski definition) is 1. The van der Waals surface area contributed by atoms with E-state index in [1.807, 2.05) is 54.6 Å². The minimum Gasteiger partial charge on any atom is -0.497 e. The molecule has 0 heterocycles. The molecule has 0 spiro atoms. The first-order valence-corrected chi connectivity index (χ1v) is 9.40.